The maximum Gasteiger partial charge on any atom is 0.269 e. The van der Waals surface area contributed by atoms with Gasteiger partial charge in [-0.1, -0.05) is 30.3 Å². The molecule has 1 aliphatic heterocycles. The van der Waals surface area contributed by atoms with Gasteiger partial charge in [-0.2, -0.15) is 0 Å². The van der Waals surface area contributed by atoms with Gasteiger partial charge in [-0.05, 0) is 31.0 Å². The van der Waals surface area contributed by atoms with Crippen molar-refractivity contribution < 1.29 is 14.5 Å². The van der Waals surface area contributed by atoms with Crippen molar-refractivity contribution in [2.45, 2.75) is 32.9 Å². The molecule has 1 unspecified atom stereocenters. The number of aryl methyl sites for hydroxylation is 1. The van der Waals surface area contributed by atoms with Crippen molar-refractivity contribution in [3.63, 3.8) is 0 Å². The van der Waals surface area contributed by atoms with Gasteiger partial charge in [0, 0.05) is 63.0 Å². The first-order valence-electron chi connectivity index (χ1n) is 11.1. The number of hydrogen-bond acceptors (Lipinski definition) is 6. The van der Waals surface area contributed by atoms with E-state index in [2.05, 4.69) is 34.2 Å². The lowest BCUT2D eigenvalue weighted by Crippen LogP contribution is -2.46. The second kappa shape index (κ2) is 11.7. The molecule has 8 nitrogen and oxygen atoms in total. The average Bonchev–Trinajstić information content (AvgIpc) is 2.79. The zero-order chi connectivity index (χ0) is 22.9. The summed E-state index contributed by atoms with van der Waals surface area (Å²) in [5, 5.41) is 13.8. The Bertz CT molecular complexity index is 900. The van der Waals surface area contributed by atoms with Crippen LogP contribution in [0.25, 0.3) is 0 Å². The zero-order valence-electron chi connectivity index (χ0n) is 18.8. The molecule has 172 valence electrons. The monoisotopic (exact) mass is 440 g/mol. The van der Waals surface area contributed by atoms with Crippen LogP contribution >= 0.6 is 0 Å². The molecule has 0 bridgehead atoms. The first kappa shape index (κ1) is 23.8. The summed E-state index contributed by atoms with van der Waals surface area (Å²) in [6.45, 7) is 9.69. The molecule has 1 heterocycles. The lowest BCUT2D eigenvalue weighted by Gasteiger charge is -2.35. The van der Waals surface area contributed by atoms with E-state index < -0.39 is 4.92 Å². The van der Waals surface area contributed by atoms with E-state index in [-0.39, 0.29) is 17.6 Å². The molecule has 0 aromatic heterocycles. The highest BCUT2D eigenvalue weighted by molar-refractivity contribution is 5.91. The highest BCUT2D eigenvalue weighted by Crippen LogP contribution is 2.21. The molecule has 0 aliphatic carbocycles. The Labute approximate surface area is 189 Å². The summed E-state index contributed by atoms with van der Waals surface area (Å²) in [5.74, 6) is -0.0985. The average molecular weight is 441 g/mol. The van der Waals surface area contributed by atoms with Gasteiger partial charge in [-0.25, -0.2) is 0 Å². The van der Waals surface area contributed by atoms with E-state index in [1.54, 1.807) is 13.0 Å². The minimum absolute atomic E-state index is 0.0199. The van der Waals surface area contributed by atoms with Crippen LogP contribution in [0.3, 0.4) is 0 Å². The maximum atomic E-state index is 12.7. The second-order valence-electron chi connectivity index (χ2n) is 8.27. The van der Waals surface area contributed by atoms with Crippen molar-refractivity contribution >= 4 is 17.3 Å². The van der Waals surface area contributed by atoms with Gasteiger partial charge < -0.3 is 10.1 Å². The predicted octanol–water partition coefficient (Wildman–Crippen LogP) is 3.45. The van der Waals surface area contributed by atoms with E-state index in [0.717, 1.165) is 39.4 Å². The molecule has 0 saturated carbocycles. The molecule has 1 amide bonds. The largest absolute Gasteiger partial charge is 0.379 e. The van der Waals surface area contributed by atoms with Gasteiger partial charge in [0.25, 0.3) is 5.69 Å². The van der Waals surface area contributed by atoms with Gasteiger partial charge in [-0.15, -0.1) is 0 Å². The number of rotatable bonds is 10. The van der Waals surface area contributed by atoms with E-state index in [4.69, 9.17) is 4.74 Å². The number of nitro groups is 1. The number of ether oxygens (including phenoxy) is 1. The van der Waals surface area contributed by atoms with Gasteiger partial charge in [0.2, 0.25) is 5.91 Å². The minimum Gasteiger partial charge on any atom is -0.379 e. The Morgan fingerprint density at radius 1 is 1.22 bits per heavy atom. The van der Waals surface area contributed by atoms with Gasteiger partial charge >= 0.3 is 0 Å². The molecule has 2 aromatic carbocycles. The molecule has 0 radical (unpaired) electrons. The molecule has 1 atom stereocenters. The molecule has 1 saturated heterocycles. The standard InChI is InChI=1S/C24H32N4O4/c1-19-16-22(28(30)31)8-9-23(19)25-24(29)10-11-27(18-21-6-4-3-5-7-21)20(2)17-26-12-14-32-15-13-26/h3-9,16,20H,10-15,17-18H2,1-2H3,(H,25,29). The number of benzene rings is 2. The van der Waals surface area contributed by atoms with Crippen molar-refractivity contribution in [1.82, 2.24) is 9.80 Å². The third-order valence-corrected chi connectivity index (χ3v) is 5.80. The number of carbonyl (C=O) groups is 1. The SMILES string of the molecule is Cc1cc([N+](=O)[O-])ccc1NC(=O)CCN(Cc1ccccc1)C(C)CN1CCOCC1. The summed E-state index contributed by atoms with van der Waals surface area (Å²) < 4.78 is 5.46. The van der Waals surface area contributed by atoms with Crippen LogP contribution in [0, 0.1) is 17.0 Å². The molecule has 8 heteroatoms. The van der Waals surface area contributed by atoms with Crippen molar-refractivity contribution in [3.05, 3.63) is 69.8 Å². The number of non-ortho nitro benzene ring substituents is 1. The Morgan fingerprint density at radius 2 is 1.94 bits per heavy atom. The van der Waals surface area contributed by atoms with E-state index in [1.165, 1.54) is 17.7 Å². The summed E-state index contributed by atoms with van der Waals surface area (Å²) >= 11 is 0. The van der Waals surface area contributed by atoms with Gasteiger partial charge in [-0.3, -0.25) is 24.7 Å². The Balaban J connectivity index is 1.60. The smallest absolute Gasteiger partial charge is 0.269 e. The molecule has 0 spiro atoms. The van der Waals surface area contributed by atoms with Gasteiger partial charge in [0.05, 0.1) is 18.1 Å². The van der Waals surface area contributed by atoms with Crippen molar-refractivity contribution in [2.24, 2.45) is 0 Å². The highest BCUT2D eigenvalue weighted by Gasteiger charge is 2.20. The van der Waals surface area contributed by atoms with E-state index in [9.17, 15) is 14.9 Å². The zero-order valence-corrected chi connectivity index (χ0v) is 18.8. The summed E-state index contributed by atoms with van der Waals surface area (Å²) in [6, 6.07) is 15.0. The second-order valence-corrected chi connectivity index (χ2v) is 8.27. The predicted molar refractivity (Wildman–Crippen MR) is 125 cm³/mol. The summed E-state index contributed by atoms with van der Waals surface area (Å²) in [4.78, 5) is 27.9. The number of nitrogens with one attached hydrogen (secondary N) is 1. The molecule has 1 fully saturated rings. The molecule has 32 heavy (non-hydrogen) atoms. The lowest BCUT2D eigenvalue weighted by molar-refractivity contribution is -0.384. The van der Waals surface area contributed by atoms with Crippen LogP contribution in [-0.2, 0) is 16.1 Å². The Morgan fingerprint density at radius 3 is 2.59 bits per heavy atom. The quantitative estimate of drug-likeness (QED) is 0.450. The maximum absolute atomic E-state index is 12.7. The molecule has 1 aliphatic rings. The highest BCUT2D eigenvalue weighted by atomic mass is 16.6. The molecular formula is C24H32N4O4. The Kier molecular flexibility index (Phi) is 8.72. The molecule has 2 aromatic rings. The van der Waals surface area contributed by atoms with E-state index >= 15 is 0 Å². The molecular weight excluding hydrogens is 408 g/mol. The number of anilines is 1. The first-order chi connectivity index (χ1) is 15.4. The number of hydrogen-bond donors (Lipinski definition) is 1. The van der Waals surface area contributed by atoms with Gasteiger partial charge in [0.1, 0.15) is 0 Å². The van der Waals surface area contributed by atoms with Crippen molar-refractivity contribution in [2.75, 3.05) is 44.7 Å². The van der Waals surface area contributed by atoms with Crippen LogP contribution in [0.1, 0.15) is 24.5 Å². The number of carbonyl (C=O) groups excluding carboxylic acids is 1. The van der Waals surface area contributed by atoms with Crippen LogP contribution in [0.2, 0.25) is 0 Å². The Hall–Kier alpha value is -2.81. The topological polar surface area (TPSA) is 88.0 Å². The fourth-order valence-electron chi connectivity index (χ4n) is 3.91. The third kappa shape index (κ3) is 7.12. The van der Waals surface area contributed by atoms with Crippen LogP contribution in [0.4, 0.5) is 11.4 Å². The van der Waals surface area contributed by atoms with Crippen molar-refractivity contribution in [1.29, 1.82) is 0 Å². The summed E-state index contributed by atoms with van der Waals surface area (Å²) in [6.07, 6.45) is 0.344. The minimum atomic E-state index is -0.435. The van der Waals surface area contributed by atoms with Crippen LogP contribution in [0.15, 0.2) is 48.5 Å². The fourth-order valence-corrected chi connectivity index (χ4v) is 3.91. The van der Waals surface area contributed by atoms with Crippen LogP contribution < -0.4 is 5.32 Å². The van der Waals surface area contributed by atoms with Gasteiger partial charge in [0.15, 0.2) is 0 Å². The summed E-state index contributed by atoms with van der Waals surface area (Å²) in [5.41, 5.74) is 2.52. The van der Waals surface area contributed by atoms with E-state index in [1.807, 2.05) is 18.2 Å². The normalized spacial score (nSPS) is 15.5. The molecule has 1 N–H and O–H groups in total. The number of morpholine rings is 1. The fraction of sp³-hybridized carbons (Fsp3) is 0.458. The first-order valence-corrected chi connectivity index (χ1v) is 11.1. The number of nitrogens with zero attached hydrogens (tertiary/aromatic N) is 3. The lowest BCUT2D eigenvalue weighted by atomic mass is 10.1. The van der Waals surface area contributed by atoms with Crippen LogP contribution in [-0.4, -0.2) is 66.1 Å². The van der Waals surface area contributed by atoms with Crippen molar-refractivity contribution in [3.8, 4) is 0 Å². The van der Waals surface area contributed by atoms with E-state index in [0.29, 0.717) is 24.2 Å². The number of nitro benzene ring substituents is 1. The third-order valence-electron chi connectivity index (χ3n) is 5.80. The summed E-state index contributed by atoms with van der Waals surface area (Å²) in [7, 11) is 0. The molecule has 3 rings (SSSR count). The van der Waals surface area contributed by atoms with Crippen LogP contribution in [0.5, 0.6) is 0 Å². The number of amides is 1.